The maximum absolute atomic E-state index is 12.4. The Balaban J connectivity index is 2.28. The van der Waals surface area contributed by atoms with Crippen molar-refractivity contribution < 1.29 is 4.79 Å². The second-order valence-corrected chi connectivity index (χ2v) is 5.60. The summed E-state index contributed by atoms with van der Waals surface area (Å²) < 4.78 is 0. The molecule has 2 aromatic rings. The van der Waals surface area contributed by atoms with Crippen LogP contribution in [0.15, 0.2) is 47.4 Å². The summed E-state index contributed by atoms with van der Waals surface area (Å²) >= 11 is 7.70. The van der Waals surface area contributed by atoms with Gasteiger partial charge in [0.05, 0.1) is 10.6 Å². The molecule has 1 N–H and O–H groups in total. The lowest BCUT2D eigenvalue weighted by atomic mass is 10.1. The van der Waals surface area contributed by atoms with Crippen LogP contribution in [0.2, 0.25) is 5.02 Å². The molecule has 0 atom stereocenters. The van der Waals surface area contributed by atoms with E-state index in [1.807, 2.05) is 42.7 Å². The normalized spacial score (nSPS) is 10.3. The van der Waals surface area contributed by atoms with Crippen LogP contribution >= 0.6 is 23.4 Å². The van der Waals surface area contributed by atoms with E-state index < -0.39 is 0 Å². The fourth-order valence-electron chi connectivity index (χ4n) is 1.95. The Morgan fingerprint density at radius 1 is 1.25 bits per heavy atom. The quantitative estimate of drug-likeness (QED) is 0.816. The number of amides is 1. The lowest BCUT2D eigenvalue weighted by Gasteiger charge is -2.11. The number of anilines is 1. The predicted octanol–water partition coefficient (Wildman–Crippen LogP) is 4.88. The number of benzene rings is 2. The van der Waals surface area contributed by atoms with Crippen molar-refractivity contribution in [2.24, 2.45) is 0 Å². The minimum atomic E-state index is -0.174. The van der Waals surface area contributed by atoms with E-state index in [1.54, 1.807) is 17.8 Å². The van der Waals surface area contributed by atoms with Gasteiger partial charge in [0.15, 0.2) is 0 Å². The summed E-state index contributed by atoms with van der Waals surface area (Å²) in [5.74, 6) is -0.174. The Bertz CT molecular complexity index is 628. The number of halogens is 1. The molecule has 0 unspecified atom stereocenters. The summed E-state index contributed by atoms with van der Waals surface area (Å²) in [6.07, 6.45) is 2.84. The maximum atomic E-state index is 12.4. The van der Waals surface area contributed by atoms with Gasteiger partial charge in [0.2, 0.25) is 0 Å². The average molecular weight is 306 g/mol. The van der Waals surface area contributed by atoms with Crippen LogP contribution in [0.25, 0.3) is 0 Å². The van der Waals surface area contributed by atoms with E-state index in [2.05, 4.69) is 12.2 Å². The molecular weight excluding hydrogens is 290 g/mol. The van der Waals surface area contributed by atoms with Crippen LogP contribution < -0.4 is 5.32 Å². The zero-order valence-electron chi connectivity index (χ0n) is 11.4. The highest BCUT2D eigenvalue weighted by Gasteiger charge is 2.12. The maximum Gasteiger partial charge on any atom is 0.257 e. The van der Waals surface area contributed by atoms with Crippen LogP contribution in [0.1, 0.15) is 22.8 Å². The predicted molar refractivity (Wildman–Crippen MR) is 87.0 cm³/mol. The number of aryl methyl sites for hydroxylation is 1. The second kappa shape index (κ2) is 6.82. The first-order valence-electron chi connectivity index (χ1n) is 6.38. The monoisotopic (exact) mass is 305 g/mol. The average Bonchev–Trinajstić information content (AvgIpc) is 2.48. The van der Waals surface area contributed by atoms with E-state index in [-0.39, 0.29) is 5.91 Å². The third-order valence-corrected chi connectivity index (χ3v) is 4.12. The molecule has 0 bridgehead atoms. The third kappa shape index (κ3) is 3.35. The van der Waals surface area contributed by atoms with Crippen LogP contribution in [-0.2, 0) is 6.42 Å². The molecule has 2 nitrogen and oxygen atoms in total. The molecule has 0 saturated carbocycles. The van der Waals surface area contributed by atoms with Gasteiger partial charge in [0.25, 0.3) is 5.91 Å². The van der Waals surface area contributed by atoms with Crippen LogP contribution in [-0.4, -0.2) is 12.2 Å². The van der Waals surface area contributed by atoms with Crippen LogP contribution in [0, 0.1) is 0 Å². The van der Waals surface area contributed by atoms with Gasteiger partial charge >= 0.3 is 0 Å². The highest BCUT2D eigenvalue weighted by Crippen LogP contribution is 2.24. The van der Waals surface area contributed by atoms with E-state index in [0.29, 0.717) is 10.6 Å². The van der Waals surface area contributed by atoms with Gasteiger partial charge in [-0.05, 0) is 42.5 Å². The first-order valence-corrected chi connectivity index (χ1v) is 7.98. The SMILES string of the molecule is CCc1ccccc1NC(=O)c1cc(SC)ccc1Cl. The minimum absolute atomic E-state index is 0.174. The first kappa shape index (κ1) is 14.9. The van der Waals surface area contributed by atoms with Gasteiger partial charge in [0, 0.05) is 10.6 Å². The van der Waals surface area contributed by atoms with Crippen molar-refractivity contribution in [3.63, 3.8) is 0 Å². The first-order chi connectivity index (χ1) is 9.65. The van der Waals surface area contributed by atoms with E-state index in [4.69, 9.17) is 11.6 Å². The third-order valence-electron chi connectivity index (χ3n) is 3.06. The number of thioether (sulfide) groups is 1. The Hall–Kier alpha value is -1.45. The molecule has 4 heteroatoms. The molecule has 2 aromatic carbocycles. The molecule has 0 heterocycles. The molecule has 0 fully saturated rings. The lowest BCUT2D eigenvalue weighted by molar-refractivity contribution is 0.102. The van der Waals surface area contributed by atoms with Crippen molar-refractivity contribution in [1.29, 1.82) is 0 Å². The number of hydrogen-bond donors (Lipinski definition) is 1. The summed E-state index contributed by atoms with van der Waals surface area (Å²) in [6, 6.07) is 13.3. The number of nitrogens with one attached hydrogen (secondary N) is 1. The van der Waals surface area contributed by atoms with Crippen molar-refractivity contribution in [1.82, 2.24) is 0 Å². The molecular formula is C16H16ClNOS. The highest BCUT2D eigenvalue weighted by atomic mass is 35.5. The molecule has 104 valence electrons. The molecule has 0 aliphatic rings. The molecule has 0 aromatic heterocycles. The molecule has 0 saturated heterocycles. The fourth-order valence-corrected chi connectivity index (χ4v) is 2.59. The molecule has 0 aliphatic heterocycles. The largest absolute Gasteiger partial charge is 0.322 e. The Morgan fingerprint density at radius 3 is 2.70 bits per heavy atom. The van der Waals surface area contributed by atoms with Crippen LogP contribution in [0.5, 0.6) is 0 Å². The second-order valence-electron chi connectivity index (χ2n) is 4.31. The van der Waals surface area contributed by atoms with E-state index >= 15 is 0 Å². The summed E-state index contributed by atoms with van der Waals surface area (Å²) in [5.41, 5.74) is 2.45. The zero-order valence-corrected chi connectivity index (χ0v) is 13.0. The summed E-state index contributed by atoms with van der Waals surface area (Å²) in [5, 5.41) is 3.40. The van der Waals surface area contributed by atoms with Gasteiger partial charge < -0.3 is 5.32 Å². The Kier molecular flexibility index (Phi) is 5.10. The topological polar surface area (TPSA) is 29.1 Å². The van der Waals surface area contributed by atoms with Crippen molar-refractivity contribution >= 4 is 35.0 Å². The Morgan fingerprint density at radius 2 is 2.00 bits per heavy atom. The van der Waals surface area contributed by atoms with E-state index in [1.165, 1.54) is 0 Å². The highest BCUT2D eigenvalue weighted by molar-refractivity contribution is 7.98. The molecule has 1 amide bonds. The van der Waals surface area contributed by atoms with Crippen molar-refractivity contribution in [3.05, 3.63) is 58.6 Å². The molecule has 0 spiro atoms. The molecule has 0 aliphatic carbocycles. The molecule has 2 rings (SSSR count). The van der Waals surface area contributed by atoms with Crippen molar-refractivity contribution in [3.8, 4) is 0 Å². The summed E-state index contributed by atoms with van der Waals surface area (Å²) in [4.78, 5) is 13.4. The fraction of sp³-hybridized carbons (Fsp3) is 0.188. The summed E-state index contributed by atoms with van der Waals surface area (Å²) in [7, 11) is 0. The van der Waals surface area contributed by atoms with Gasteiger partial charge in [-0.1, -0.05) is 36.7 Å². The van der Waals surface area contributed by atoms with Gasteiger partial charge in [-0.2, -0.15) is 0 Å². The van der Waals surface area contributed by atoms with Gasteiger partial charge in [-0.25, -0.2) is 0 Å². The minimum Gasteiger partial charge on any atom is -0.322 e. The van der Waals surface area contributed by atoms with Crippen LogP contribution in [0.4, 0.5) is 5.69 Å². The number of para-hydroxylation sites is 1. The van der Waals surface area contributed by atoms with Gasteiger partial charge in [-0.15, -0.1) is 11.8 Å². The van der Waals surface area contributed by atoms with E-state index in [9.17, 15) is 4.79 Å². The number of carbonyl (C=O) groups is 1. The number of hydrogen-bond acceptors (Lipinski definition) is 2. The Labute approximate surface area is 128 Å². The number of rotatable bonds is 4. The van der Waals surface area contributed by atoms with Crippen molar-refractivity contribution in [2.45, 2.75) is 18.2 Å². The number of carbonyl (C=O) groups excluding carboxylic acids is 1. The summed E-state index contributed by atoms with van der Waals surface area (Å²) in [6.45, 7) is 2.06. The zero-order chi connectivity index (χ0) is 14.5. The van der Waals surface area contributed by atoms with Crippen molar-refractivity contribution in [2.75, 3.05) is 11.6 Å². The smallest absolute Gasteiger partial charge is 0.257 e. The van der Waals surface area contributed by atoms with Crippen LogP contribution in [0.3, 0.4) is 0 Å². The van der Waals surface area contributed by atoms with Gasteiger partial charge in [0.1, 0.15) is 0 Å². The molecule has 20 heavy (non-hydrogen) atoms. The van der Waals surface area contributed by atoms with Gasteiger partial charge in [-0.3, -0.25) is 4.79 Å². The lowest BCUT2D eigenvalue weighted by Crippen LogP contribution is -2.13. The van der Waals surface area contributed by atoms with E-state index in [0.717, 1.165) is 22.6 Å². The standard InChI is InChI=1S/C16H16ClNOS/c1-3-11-6-4-5-7-15(11)18-16(19)13-10-12(20-2)8-9-14(13)17/h4-10H,3H2,1-2H3,(H,18,19). The molecule has 0 radical (unpaired) electrons.